The van der Waals surface area contributed by atoms with E-state index in [1.807, 2.05) is 0 Å². The zero-order valence-electron chi connectivity index (χ0n) is 16.2. The number of nitrogens with zero attached hydrogens (tertiary/aromatic N) is 5. The van der Waals surface area contributed by atoms with E-state index in [-0.39, 0.29) is 5.70 Å². The molecule has 0 radical (unpaired) electrons. The SMILES string of the molecule is Cn1nnnc1SCC1=C(C(=O)O)N2C(=O)[C@@H](NC(=O)C(O)c3ccccc3)[C@@H]2SC1. The lowest BCUT2D eigenvalue weighted by Crippen LogP contribution is -2.70. The second-order valence-corrected chi connectivity index (χ2v) is 8.89. The second-order valence-electron chi connectivity index (χ2n) is 6.84. The van der Waals surface area contributed by atoms with Crippen molar-refractivity contribution < 1.29 is 24.6 Å². The van der Waals surface area contributed by atoms with Gasteiger partial charge in [-0.1, -0.05) is 42.1 Å². The van der Waals surface area contributed by atoms with Gasteiger partial charge in [-0.05, 0) is 21.6 Å². The number of tetrazole rings is 1. The standard InChI is InChI=1S/C18H18N6O5S2/c1-23-18(20-21-22-23)31-8-10-7-30-16-11(15(27)24(16)12(10)17(28)29)19-14(26)13(25)9-5-3-2-4-6-9/h2-6,11,13,16,25H,7-8H2,1H3,(H,19,26)(H,28,29)/t11-,13?,16+/m1/s1. The van der Waals surface area contributed by atoms with Crippen LogP contribution in [0.25, 0.3) is 0 Å². The quantitative estimate of drug-likeness (QED) is 0.372. The molecule has 11 nitrogen and oxygen atoms in total. The molecular formula is C18H18N6O5S2. The first-order valence-corrected chi connectivity index (χ1v) is 11.2. The van der Waals surface area contributed by atoms with Gasteiger partial charge < -0.3 is 15.5 Å². The number of aliphatic carboxylic acids is 1. The minimum atomic E-state index is -1.42. The van der Waals surface area contributed by atoms with Crippen molar-refractivity contribution in [2.75, 3.05) is 11.5 Å². The van der Waals surface area contributed by atoms with Gasteiger partial charge in [-0.2, -0.15) is 0 Å². The molecule has 0 spiro atoms. The minimum absolute atomic E-state index is 0.0783. The van der Waals surface area contributed by atoms with Crippen LogP contribution < -0.4 is 5.32 Å². The topological polar surface area (TPSA) is 151 Å². The summed E-state index contributed by atoms with van der Waals surface area (Å²) in [4.78, 5) is 38.2. The number of aliphatic hydroxyl groups excluding tert-OH is 1. The van der Waals surface area contributed by atoms with Gasteiger partial charge in [0, 0.05) is 18.6 Å². The van der Waals surface area contributed by atoms with Crippen LogP contribution in [0.3, 0.4) is 0 Å². The molecule has 162 valence electrons. The molecule has 2 aliphatic rings. The first kappa shape index (κ1) is 21.3. The number of thioether (sulfide) groups is 2. The predicted molar refractivity (Wildman–Crippen MR) is 111 cm³/mol. The lowest BCUT2D eigenvalue weighted by molar-refractivity contribution is -0.151. The van der Waals surface area contributed by atoms with Gasteiger partial charge in [0.05, 0.1) is 0 Å². The van der Waals surface area contributed by atoms with Gasteiger partial charge in [-0.15, -0.1) is 16.9 Å². The average molecular weight is 463 g/mol. The van der Waals surface area contributed by atoms with Crippen molar-refractivity contribution in [2.45, 2.75) is 22.7 Å². The number of aliphatic hydroxyl groups is 1. The molecule has 1 saturated heterocycles. The number of hydrogen-bond acceptors (Lipinski definition) is 9. The number of carboxylic acids is 1. The van der Waals surface area contributed by atoms with E-state index in [9.17, 15) is 24.6 Å². The van der Waals surface area contributed by atoms with Gasteiger partial charge in [-0.3, -0.25) is 14.5 Å². The molecule has 3 atom stereocenters. The lowest BCUT2D eigenvalue weighted by Gasteiger charge is -2.49. The Morgan fingerprint density at radius 2 is 2.10 bits per heavy atom. The van der Waals surface area contributed by atoms with E-state index in [4.69, 9.17) is 0 Å². The van der Waals surface area contributed by atoms with Gasteiger partial charge in [0.15, 0.2) is 6.10 Å². The third-order valence-corrected chi connectivity index (χ3v) is 7.30. The van der Waals surface area contributed by atoms with E-state index in [2.05, 4.69) is 20.8 Å². The van der Waals surface area contributed by atoms with Crippen molar-refractivity contribution in [1.29, 1.82) is 0 Å². The Bertz CT molecular complexity index is 1060. The number of aryl methyl sites for hydroxylation is 1. The highest BCUT2D eigenvalue weighted by Crippen LogP contribution is 2.41. The molecule has 3 N–H and O–H groups in total. The highest BCUT2D eigenvalue weighted by atomic mass is 32.2. The van der Waals surface area contributed by atoms with Gasteiger partial charge in [-0.25, -0.2) is 9.48 Å². The monoisotopic (exact) mass is 462 g/mol. The Morgan fingerprint density at radius 1 is 1.35 bits per heavy atom. The summed E-state index contributed by atoms with van der Waals surface area (Å²) >= 11 is 2.64. The zero-order valence-corrected chi connectivity index (χ0v) is 17.8. The summed E-state index contributed by atoms with van der Waals surface area (Å²) in [6.45, 7) is 0. The molecule has 3 heterocycles. The van der Waals surface area contributed by atoms with Crippen LogP contribution in [0.5, 0.6) is 0 Å². The average Bonchev–Trinajstić information content (AvgIpc) is 3.19. The smallest absolute Gasteiger partial charge is 0.352 e. The number of amides is 2. The van der Waals surface area contributed by atoms with E-state index in [1.165, 1.54) is 33.1 Å². The van der Waals surface area contributed by atoms with Crippen LogP contribution >= 0.6 is 23.5 Å². The highest BCUT2D eigenvalue weighted by Gasteiger charge is 2.54. The van der Waals surface area contributed by atoms with Crippen LogP contribution in [-0.2, 0) is 21.4 Å². The van der Waals surface area contributed by atoms with Gasteiger partial charge >= 0.3 is 5.97 Å². The van der Waals surface area contributed by atoms with Crippen molar-refractivity contribution in [3.05, 3.63) is 47.2 Å². The summed E-state index contributed by atoms with van der Waals surface area (Å²) in [6.07, 6.45) is -1.42. The van der Waals surface area contributed by atoms with Gasteiger partial charge in [0.2, 0.25) is 5.16 Å². The fourth-order valence-electron chi connectivity index (χ4n) is 3.31. The van der Waals surface area contributed by atoms with Crippen LogP contribution in [-0.4, -0.2) is 76.0 Å². The first-order chi connectivity index (χ1) is 14.9. The summed E-state index contributed by atoms with van der Waals surface area (Å²) in [5.41, 5.74) is 0.901. The van der Waals surface area contributed by atoms with Crippen molar-refractivity contribution in [3.8, 4) is 0 Å². The number of hydrogen-bond donors (Lipinski definition) is 3. The van der Waals surface area contributed by atoms with E-state index < -0.39 is 35.3 Å². The maximum atomic E-state index is 12.7. The van der Waals surface area contributed by atoms with E-state index >= 15 is 0 Å². The Hall–Kier alpha value is -2.90. The molecule has 1 aromatic heterocycles. The van der Waals surface area contributed by atoms with Crippen LogP contribution in [0, 0.1) is 0 Å². The fourth-order valence-corrected chi connectivity index (χ4v) is 5.64. The molecule has 31 heavy (non-hydrogen) atoms. The van der Waals surface area contributed by atoms with Crippen molar-refractivity contribution >= 4 is 41.3 Å². The minimum Gasteiger partial charge on any atom is -0.477 e. The number of aromatic nitrogens is 4. The molecule has 2 aliphatic heterocycles. The molecule has 2 aromatic rings. The number of β-lactam (4-membered cyclic amide) rings is 1. The van der Waals surface area contributed by atoms with Crippen LogP contribution in [0.4, 0.5) is 0 Å². The number of carbonyl (C=O) groups is 3. The molecular weight excluding hydrogens is 444 g/mol. The number of carbonyl (C=O) groups excluding carboxylic acids is 2. The van der Waals surface area contributed by atoms with Gasteiger partial charge in [0.25, 0.3) is 11.8 Å². The number of rotatable bonds is 7. The maximum Gasteiger partial charge on any atom is 0.352 e. The normalized spacial score (nSPS) is 21.4. The Labute approximate surface area is 184 Å². The van der Waals surface area contributed by atoms with E-state index in [1.54, 1.807) is 37.4 Å². The summed E-state index contributed by atoms with van der Waals surface area (Å²) in [6, 6.07) is 7.46. The Balaban J connectivity index is 1.46. The number of benzene rings is 1. The second kappa shape index (κ2) is 8.69. The summed E-state index contributed by atoms with van der Waals surface area (Å²) in [7, 11) is 1.68. The molecule has 0 bridgehead atoms. The number of fused-ring (bicyclic) bond motifs is 1. The summed E-state index contributed by atoms with van der Waals surface area (Å²) in [5.74, 6) is -1.75. The van der Waals surface area contributed by atoms with Crippen LogP contribution in [0.1, 0.15) is 11.7 Å². The summed E-state index contributed by atoms with van der Waals surface area (Å²) < 4.78 is 1.48. The predicted octanol–water partition coefficient (Wildman–Crippen LogP) is -0.226. The zero-order chi connectivity index (χ0) is 22.1. The molecule has 1 fully saturated rings. The molecule has 13 heteroatoms. The van der Waals surface area contributed by atoms with Crippen LogP contribution in [0.15, 0.2) is 46.8 Å². The molecule has 4 rings (SSSR count). The Kier molecular flexibility index (Phi) is 5.98. The van der Waals surface area contributed by atoms with Crippen LogP contribution in [0.2, 0.25) is 0 Å². The largest absolute Gasteiger partial charge is 0.477 e. The maximum absolute atomic E-state index is 12.7. The molecule has 1 aromatic carbocycles. The lowest BCUT2D eigenvalue weighted by atomic mass is 10.0. The molecule has 0 saturated carbocycles. The Morgan fingerprint density at radius 3 is 2.74 bits per heavy atom. The summed E-state index contributed by atoms with van der Waals surface area (Å²) in [5, 5.41) is 33.6. The third kappa shape index (κ3) is 4.03. The van der Waals surface area contributed by atoms with E-state index in [0.29, 0.717) is 27.8 Å². The van der Waals surface area contributed by atoms with Crippen molar-refractivity contribution in [3.63, 3.8) is 0 Å². The van der Waals surface area contributed by atoms with E-state index in [0.717, 1.165) is 0 Å². The third-order valence-electron chi connectivity index (χ3n) is 4.87. The number of carboxylic acid groups (broad SMARTS) is 1. The van der Waals surface area contributed by atoms with Crippen molar-refractivity contribution in [2.24, 2.45) is 7.05 Å². The number of nitrogens with one attached hydrogen (secondary N) is 1. The van der Waals surface area contributed by atoms with Crippen molar-refractivity contribution in [1.82, 2.24) is 30.4 Å². The fraction of sp³-hybridized carbons (Fsp3) is 0.333. The molecule has 1 unspecified atom stereocenters. The molecule has 0 aliphatic carbocycles. The highest BCUT2D eigenvalue weighted by molar-refractivity contribution is 8.01. The molecule has 2 amide bonds. The first-order valence-electron chi connectivity index (χ1n) is 9.17. The van der Waals surface area contributed by atoms with Gasteiger partial charge in [0.1, 0.15) is 17.1 Å².